The van der Waals surface area contributed by atoms with Gasteiger partial charge >= 0.3 is 17.6 Å². The molecule has 2 heterocycles. The summed E-state index contributed by atoms with van der Waals surface area (Å²) in [6.07, 6.45) is -2.67. The van der Waals surface area contributed by atoms with Crippen molar-refractivity contribution in [1.29, 1.82) is 0 Å². The first-order chi connectivity index (χ1) is 17.6. The summed E-state index contributed by atoms with van der Waals surface area (Å²) in [6.45, 7) is 2.43. The second-order valence-corrected chi connectivity index (χ2v) is 8.02. The summed E-state index contributed by atoms with van der Waals surface area (Å²) in [7, 11) is 0. The van der Waals surface area contributed by atoms with Gasteiger partial charge < -0.3 is 18.4 Å². The summed E-state index contributed by atoms with van der Waals surface area (Å²) in [5.74, 6) is 0.688. The molecule has 4 aromatic rings. The van der Waals surface area contributed by atoms with Crippen LogP contribution in [0.15, 0.2) is 73.1 Å². The summed E-state index contributed by atoms with van der Waals surface area (Å²) in [5, 5.41) is 0. The first kappa shape index (κ1) is 25.6. The Balaban J connectivity index is 1.39. The minimum atomic E-state index is -4.41. The van der Waals surface area contributed by atoms with Gasteiger partial charge in [-0.25, -0.2) is 19.6 Å². The number of halogens is 3. The predicted molar refractivity (Wildman–Crippen MR) is 126 cm³/mol. The number of ether oxygens (including phenoxy) is 2. The van der Waals surface area contributed by atoms with Crippen LogP contribution in [0.4, 0.5) is 13.2 Å². The van der Waals surface area contributed by atoms with Crippen LogP contribution in [-0.2, 0) is 13.2 Å². The normalized spacial score (nSPS) is 12.1. The molecular weight excluding hydrogens is 495 g/mol. The zero-order valence-corrected chi connectivity index (χ0v) is 19.8. The Morgan fingerprint density at radius 2 is 1.86 bits per heavy atom. The summed E-state index contributed by atoms with van der Waals surface area (Å²) >= 11 is 0. The zero-order valence-electron chi connectivity index (χ0n) is 19.8. The second kappa shape index (κ2) is 10.6. The zero-order chi connectivity index (χ0) is 26.6. The van der Waals surface area contributed by atoms with Crippen LogP contribution in [0, 0.1) is 6.92 Å². The van der Waals surface area contributed by atoms with Crippen molar-refractivity contribution in [1.82, 2.24) is 14.7 Å². The van der Waals surface area contributed by atoms with Crippen LogP contribution >= 0.6 is 0 Å². The van der Waals surface area contributed by atoms with Gasteiger partial charge in [0.15, 0.2) is 6.61 Å². The molecule has 0 aliphatic rings. The Labute approximate surface area is 207 Å². The Morgan fingerprint density at radius 3 is 2.54 bits per heavy atom. The van der Waals surface area contributed by atoms with Gasteiger partial charge in [-0.1, -0.05) is 18.2 Å². The number of hydrogen-bond donors (Lipinski definition) is 1. The molecule has 0 aliphatic heterocycles. The molecule has 0 fully saturated rings. The number of rotatable bonds is 9. The molecule has 0 bridgehead atoms. The molecule has 0 radical (unpaired) electrons. The van der Waals surface area contributed by atoms with Crippen molar-refractivity contribution in [3.63, 3.8) is 0 Å². The molecule has 0 aliphatic carbocycles. The lowest BCUT2D eigenvalue weighted by molar-refractivity contribution is -0.153. The number of allylic oxidation sites excluding steroid dienone is 2. The molecule has 37 heavy (non-hydrogen) atoms. The van der Waals surface area contributed by atoms with E-state index in [9.17, 15) is 22.8 Å². The molecule has 194 valence electrons. The maximum absolute atomic E-state index is 12.3. The van der Waals surface area contributed by atoms with E-state index in [1.807, 2.05) is 30.1 Å². The molecule has 0 spiro atoms. The van der Waals surface area contributed by atoms with Crippen molar-refractivity contribution in [3.8, 4) is 23.0 Å². The predicted octanol–water partition coefficient (Wildman–Crippen LogP) is 4.72. The van der Waals surface area contributed by atoms with Crippen LogP contribution in [0.2, 0.25) is 0 Å². The minimum Gasteiger partial charge on any atom is -0.487 e. The van der Waals surface area contributed by atoms with E-state index in [4.69, 9.17) is 18.4 Å². The van der Waals surface area contributed by atoms with Crippen molar-refractivity contribution >= 4 is 5.57 Å². The maximum atomic E-state index is 12.3. The number of aryl methyl sites for hydroxylation is 1. The van der Waals surface area contributed by atoms with Crippen LogP contribution in [0.1, 0.15) is 23.9 Å². The van der Waals surface area contributed by atoms with Crippen molar-refractivity contribution in [3.05, 3.63) is 92.7 Å². The lowest BCUT2D eigenvalue weighted by Crippen LogP contribution is -2.19. The van der Waals surface area contributed by atoms with Crippen LogP contribution in [0.5, 0.6) is 11.5 Å². The van der Waals surface area contributed by atoms with Gasteiger partial charge in [0.05, 0.1) is 6.54 Å². The quantitative estimate of drug-likeness (QED) is 0.342. The van der Waals surface area contributed by atoms with Crippen molar-refractivity contribution in [2.75, 3.05) is 6.61 Å². The molecule has 12 heteroatoms. The third-order valence-corrected chi connectivity index (χ3v) is 5.25. The minimum absolute atomic E-state index is 0.0850. The van der Waals surface area contributed by atoms with Gasteiger partial charge in [0.2, 0.25) is 5.89 Å². The maximum Gasteiger partial charge on any atom is 0.440 e. The number of nitrogens with one attached hydrogen (secondary N) is 1. The van der Waals surface area contributed by atoms with Gasteiger partial charge in [0.1, 0.15) is 29.6 Å². The first-order valence-electron chi connectivity index (χ1n) is 11.0. The summed E-state index contributed by atoms with van der Waals surface area (Å²) in [4.78, 5) is 29.1. The fraction of sp³-hybridized carbons (Fsp3) is 0.240. The van der Waals surface area contributed by atoms with E-state index in [2.05, 4.69) is 4.98 Å². The van der Waals surface area contributed by atoms with Crippen LogP contribution in [0.25, 0.3) is 17.0 Å². The highest BCUT2D eigenvalue weighted by molar-refractivity contribution is 5.64. The number of nitrogens with zero attached hydrogens (tertiary/aromatic N) is 2. The van der Waals surface area contributed by atoms with Gasteiger partial charge in [0.25, 0.3) is 0 Å². The van der Waals surface area contributed by atoms with E-state index in [1.165, 1.54) is 12.1 Å². The van der Waals surface area contributed by atoms with Gasteiger partial charge in [-0.05, 0) is 61.4 Å². The van der Waals surface area contributed by atoms with E-state index in [0.717, 1.165) is 15.9 Å². The molecule has 9 nitrogen and oxygen atoms in total. The molecule has 0 saturated carbocycles. The fourth-order valence-electron chi connectivity index (χ4n) is 3.30. The summed E-state index contributed by atoms with van der Waals surface area (Å²) in [5.41, 5.74) is 2.19. The standard InChI is InChI=1S/C25H22F3N3O6/c1-15(10-11-31-23(32)30-24(33)37-31)18-4-3-5-20(12-18)34-13-21-16(2)36-22(29-21)17-6-8-19(9-7-17)35-14-25(26,27)28/h3-10,12H,11,13-14H2,1-2H3,(H,30,32,33). The SMILES string of the molecule is CC(=CCn1oc(=O)[nH]c1=O)c1cccc(OCc2nc(-c3ccc(OCC(F)(F)F)cc3)oc2C)c1. The highest BCUT2D eigenvalue weighted by atomic mass is 19.4. The molecule has 1 N–H and O–H groups in total. The van der Waals surface area contributed by atoms with E-state index in [-0.39, 0.29) is 18.9 Å². The number of benzene rings is 2. The van der Waals surface area contributed by atoms with Crippen LogP contribution < -0.4 is 20.9 Å². The molecule has 4 rings (SSSR count). The van der Waals surface area contributed by atoms with Gasteiger partial charge in [0, 0.05) is 5.56 Å². The molecular formula is C25H22F3N3O6. The van der Waals surface area contributed by atoms with E-state index in [0.29, 0.717) is 28.7 Å². The Bertz CT molecular complexity index is 1510. The number of hydrogen-bond acceptors (Lipinski definition) is 7. The molecule has 2 aromatic heterocycles. The summed E-state index contributed by atoms with van der Waals surface area (Å²) in [6, 6.07) is 13.2. The fourth-order valence-corrected chi connectivity index (χ4v) is 3.30. The lowest BCUT2D eigenvalue weighted by Gasteiger charge is -2.09. The second-order valence-electron chi connectivity index (χ2n) is 8.02. The largest absolute Gasteiger partial charge is 0.487 e. The van der Waals surface area contributed by atoms with Gasteiger partial charge in [-0.15, -0.1) is 4.74 Å². The van der Waals surface area contributed by atoms with Gasteiger partial charge in [-0.2, -0.15) is 13.2 Å². The molecule has 0 atom stereocenters. The molecule has 0 unspecified atom stereocenters. The van der Waals surface area contributed by atoms with Gasteiger partial charge in [-0.3, -0.25) is 0 Å². The van der Waals surface area contributed by atoms with Crippen LogP contribution in [0.3, 0.4) is 0 Å². The topological polar surface area (TPSA) is 112 Å². The number of H-pyrrole nitrogens is 1. The first-order valence-corrected chi connectivity index (χ1v) is 11.0. The highest BCUT2D eigenvalue weighted by Crippen LogP contribution is 2.26. The van der Waals surface area contributed by atoms with Crippen molar-refractivity contribution < 1.29 is 31.6 Å². The molecule has 0 amide bonds. The van der Waals surface area contributed by atoms with Crippen molar-refractivity contribution in [2.45, 2.75) is 33.2 Å². The Kier molecular flexibility index (Phi) is 7.37. The number of oxazole rings is 1. The number of alkyl halides is 3. The van der Waals surface area contributed by atoms with E-state index in [1.54, 1.807) is 31.2 Å². The number of aromatic amines is 1. The number of aromatic nitrogens is 3. The molecule has 0 saturated heterocycles. The average molecular weight is 517 g/mol. The average Bonchev–Trinajstić information content (AvgIpc) is 3.40. The third kappa shape index (κ3) is 6.81. The van der Waals surface area contributed by atoms with E-state index < -0.39 is 24.2 Å². The molecule has 2 aromatic carbocycles. The Hall–Kier alpha value is -4.48. The summed E-state index contributed by atoms with van der Waals surface area (Å²) < 4.78 is 58.9. The Morgan fingerprint density at radius 1 is 1.11 bits per heavy atom. The van der Waals surface area contributed by atoms with Crippen LogP contribution in [-0.4, -0.2) is 27.5 Å². The lowest BCUT2D eigenvalue weighted by atomic mass is 10.1. The van der Waals surface area contributed by atoms with Crippen molar-refractivity contribution in [2.24, 2.45) is 0 Å². The monoisotopic (exact) mass is 517 g/mol. The highest BCUT2D eigenvalue weighted by Gasteiger charge is 2.28. The van der Waals surface area contributed by atoms with E-state index >= 15 is 0 Å². The smallest absolute Gasteiger partial charge is 0.440 e. The third-order valence-electron chi connectivity index (χ3n) is 5.25.